The van der Waals surface area contributed by atoms with Gasteiger partial charge in [0, 0.05) is 12.6 Å². The van der Waals surface area contributed by atoms with Crippen LogP contribution >= 0.6 is 0 Å². The van der Waals surface area contributed by atoms with E-state index in [0.29, 0.717) is 18.1 Å². The smallest absolute Gasteiger partial charge is 0.243 e. The first kappa shape index (κ1) is 21.3. The van der Waals surface area contributed by atoms with Crippen molar-refractivity contribution in [1.29, 1.82) is 0 Å². The average Bonchev–Trinajstić information content (AvgIpc) is 3.12. The van der Waals surface area contributed by atoms with Gasteiger partial charge in [-0.1, -0.05) is 24.4 Å². The molecule has 1 aliphatic carbocycles. The molecule has 8 nitrogen and oxygen atoms in total. The molecule has 0 atom stereocenters. The number of sulfonamides is 1. The van der Waals surface area contributed by atoms with E-state index in [4.69, 9.17) is 9.26 Å². The second-order valence-electron chi connectivity index (χ2n) is 7.35. The predicted molar refractivity (Wildman–Crippen MR) is 108 cm³/mol. The maximum absolute atomic E-state index is 13.3. The number of benzene rings is 1. The molecule has 1 fully saturated rings. The van der Waals surface area contributed by atoms with Crippen molar-refractivity contribution in [3.63, 3.8) is 0 Å². The van der Waals surface area contributed by atoms with E-state index in [-0.39, 0.29) is 23.2 Å². The van der Waals surface area contributed by atoms with Crippen LogP contribution in [0, 0.1) is 12.8 Å². The second-order valence-corrected chi connectivity index (χ2v) is 9.29. The van der Waals surface area contributed by atoms with Crippen LogP contribution in [-0.4, -0.2) is 44.0 Å². The molecule has 1 heterocycles. The van der Waals surface area contributed by atoms with Crippen molar-refractivity contribution in [2.45, 2.75) is 43.9 Å². The highest BCUT2D eigenvalue weighted by Crippen LogP contribution is 2.27. The number of rotatable bonds is 8. The lowest BCUT2D eigenvalue weighted by atomic mass is 9.89. The van der Waals surface area contributed by atoms with E-state index in [0.717, 1.165) is 25.7 Å². The molecule has 1 aliphatic rings. The van der Waals surface area contributed by atoms with Gasteiger partial charge in [-0.25, -0.2) is 8.42 Å². The number of hydrogen-bond donors (Lipinski definition) is 1. The molecule has 0 aliphatic heterocycles. The van der Waals surface area contributed by atoms with Crippen LogP contribution in [0.3, 0.4) is 0 Å². The zero-order chi connectivity index (χ0) is 20.9. The van der Waals surface area contributed by atoms with Gasteiger partial charge in [-0.15, -0.1) is 0 Å². The number of nitrogens with zero attached hydrogens (tertiary/aromatic N) is 2. The Morgan fingerprint density at radius 3 is 2.52 bits per heavy atom. The fraction of sp³-hybridized carbons (Fsp3) is 0.500. The normalized spacial score (nSPS) is 15.4. The molecule has 1 aromatic heterocycles. The highest BCUT2D eigenvalue weighted by molar-refractivity contribution is 7.89. The number of aryl methyl sites for hydroxylation is 1. The minimum atomic E-state index is -3.83. The third-order valence-electron chi connectivity index (χ3n) is 5.10. The number of carbonyl (C=O) groups is 1. The number of nitrogens with one attached hydrogen (secondary N) is 1. The summed E-state index contributed by atoms with van der Waals surface area (Å²) < 4.78 is 37.9. The first-order valence-corrected chi connectivity index (χ1v) is 11.2. The van der Waals surface area contributed by atoms with E-state index in [1.807, 2.05) is 0 Å². The van der Waals surface area contributed by atoms with Crippen LogP contribution in [0.2, 0.25) is 0 Å². The summed E-state index contributed by atoms with van der Waals surface area (Å²) in [7, 11) is -2.31. The molecule has 1 aromatic carbocycles. The van der Waals surface area contributed by atoms with Crippen LogP contribution in [0.5, 0.6) is 5.75 Å². The minimum Gasteiger partial charge on any atom is -0.497 e. The van der Waals surface area contributed by atoms with Crippen LogP contribution in [-0.2, 0) is 14.8 Å². The molecule has 29 heavy (non-hydrogen) atoms. The molecule has 9 heteroatoms. The third-order valence-corrected chi connectivity index (χ3v) is 6.93. The summed E-state index contributed by atoms with van der Waals surface area (Å²) in [6.45, 7) is 1.75. The molecule has 0 spiro atoms. The van der Waals surface area contributed by atoms with E-state index >= 15 is 0 Å². The molecule has 3 rings (SSSR count). The molecule has 0 radical (unpaired) electrons. The van der Waals surface area contributed by atoms with Gasteiger partial charge < -0.3 is 14.6 Å². The Morgan fingerprint density at radius 2 is 1.93 bits per heavy atom. The predicted octanol–water partition coefficient (Wildman–Crippen LogP) is 3.20. The molecule has 2 aromatic rings. The molecule has 1 saturated carbocycles. The molecule has 0 saturated heterocycles. The van der Waals surface area contributed by atoms with Crippen LogP contribution < -0.4 is 10.1 Å². The van der Waals surface area contributed by atoms with Crippen LogP contribution in [0.15, 0.2) is 39.8 Å². The summed E-state index contributed by atoms with van der Waals surface area (Å²) in [5, 5.41) is 6.33. The highest BCUT2D eigenvalue weighted by Gasteiger charge is 2.30. The van der Waals surface area contributed by atoms with Gasteiger partial charge in [-0.05, 0) is 49.9 Å². The number of methoxy groups -OCH3 is 1. The molecule has 1 N–H and O–H groups in total. The van der Waals surface area contributed by atoms with E-state index in [2.05, 4.69) is 10.5 Å². The van der Waals surface area contributed by atoms with Crippen LogP contribution in [0.4, 0.5) is 5.82 Å². The maximum Gasteiger partial charge on any atom is 0.243 e. The zero-order valence-corrected chi connectivity index (χ0v) is 17.6. The Morgan fingerprint density at radius 1 is 1.24 bits per heavy atom. The summed E-state index contributed by atoms with van der Waals surface area (Å²) in [4.78, 5) is 12.7. The molecule has 1 amide bonds. The monoisotopic (exact) mass is 421 g/mol. The van der Waals surface area contributed by atoms with Gasteiger partial charge in [0.25, 0.3) is 0 Å². The molecule has 158 valence electrons. The summed E-state index contributed by atoms with van der Waals surface area (Å²) in [5.41, 5.74) is 0. The number of aromatic nitrogens is 1. The Bertz CT molecular complexity index is 918. The number of anilines is 1. The first-order valence-electron chi connectivity index (χ1n) is 9.76. The van der Waals surface area contributed by atoms with Crippen LogP contribution in [0.1, 0.15) is 37.9 Å². The number of ether oxygens (including phenoxy) is 1. The highest BCUT2D eigenvalue weighted by atomic mass is 32.2. The van der Waals surface area contributed by atoms with Crippen LogP contribution in [0.25, 0.3) is 0 Å². The van der Waals surface area contributed by atoms with E-state index in [1.54, 1.807) is 25.1 Å². The molecular formula is C20H27N3O5S. The van der Waals surface area contributed by atoms with Gasteiger partial charge in [-0.2, -0.15) is 4.31 Å². The summed E-state index contributed by atoms with van der Waals surface area (Å²) in [6.07, 6.45) is 5.29. The Balaban J connectivity index is 1.79. The fourth-order valence-corrected chi connectivity index (χ4v) is 5.04. The Hall–Kier alpha value is -2.39. The zero-order valence-electron chi connectivity index (χ0n) is 16.8. The lowest BCUT2D eigenvalue weighted by Gasteiger charge is -2.28. The van der Waals surface area contributed by atoms with Gasteiger partial charge in [0.15, 0.2) is 5.82 Å². The summed E-state index contributed by atoms with van der Waals surface area (Å²) in [6, 6.07) is 7.79. The number of amides is 1. The van der Waals surface area contributed by atoms with Crippen molar-refractivity contribution in [2.75, 3.05) is 25.5 Å². The van der Waals surface area contributed by atoms with Crippen molar-refractivity contribution in [1.82, 2.24) is 9.46 Å². The Labute approximate surface area is 171 Å². The van der Waals surface area contributed by atoms with E-state index in [9.17, 15) is 13.2 Å². The van der Waals surface area contributed by atoms with Crippen molar-refractivity contribution in [3.8, 4) is 5.75 Å². The first-order chi connectivity index (χ1) is 13.9. The fourth-order valence-electron chi connectivity index (χ4n) is 3.57. The molecule has 0 unspecified atom stereocenters. The summed E-state index contributed by atoms with van der Waals surface area (Å²) in [5.74, 6) is 1.20. The quantitative estimate of drug-likeness (QED) is 0.702. The van der Waals surface area contributed by atoms with Crippen molar-refractivity contribution < 1.29 is 22.5 Å². The average molecular weight is 422 g/mol. The van der Waals surface area contributed by atoms with Gasteiger partial charge in [0.2, 0.25) is 15.9 Å². The standard InChI is InChI=1S/C20H27N3O5S/c1-15-12-19(22-28-15)21-20(24)14-23(13-16-6-4-3-5-7-16)29(25,26)18-10-8-17(27-2)9-11-18/h8-12,16H,3-7,13-14H2,1-2H3,(H,21,22,24). The maximum atomic E-state index is 13.3. The van der Waals surface area contributed by atoms with Crippen molar-refractivity contribution in [2.24, 2.45) is 5.92 Å². The third kappa shape index (κ3) is 5.57. The van der Waals surface area contributed by atoms with Gasteiger partial charge in [-0.3, -0.25) is 4.79 Å². The second kappa shape index (κ2) is 9.41. The lowest BCUT2D eigenvalue weighted by Crippen LogP contribution is -2.41. The van der Waals surface area contributed by atoms with Gasteiger partial charge >= 0.3 is 0 Å². The largest absolute Gasteiger partial charge is 0.497 e. The van der Waals surface area contributed by atoms with Crippen molar-refractivity contribution in [3.05, 3.63) is 36.1 Å². The number of carbonyl (C=O) groups excluding carboxylic acids is 1. The SMILES string of the molecule is COc1ccc(S(=O)(=O)N(CC(=O)Nc2cc(C)on2)CC2CCCCC2)cc1. The summed E-state index contributed by atoms with van der Waals surface area (Å²) >= 11 is 0. The van der Waals surface area contributed by atoms with Crippen molar-refractivity contribution >= 4 is 21.7 Å². The van der Waals surface area contributed by atoms with E-state index < -0.39 is 15.9 Å². The molecule has 0 bridgehead atoms. The van der Waals surface area contributed by atoms with Gasteiger partial charge in [0.05, 0.1) is 18.6 Å². The minimum absolute atomic E-state index is 0.138. The van der Waals surface area contributed by atoms with Gasteiger partial charge in [0.1, 0.15) is 11.5 Å². The number of hydrogen-bond acceptors (Lipinski definition) is 6. The topological polar surface area (TPSA) is 102 Å². The molecular weight excluding hydrogens is 394 g/mol. The van der Waals surface area contributed by atoms with E-state index in [1.165, 1.54) is 30.0 Å². The Kier molecular flexibility index (Phi) is 6.92. The lowest BCUT2D eigenvalue weighted by molar-refractivity contribution is -0.116.